The fourth-order valence-corrected chi connectivity index (χ4v) is 3.47. The molecule has 0 saturated heterocycles. The number of ether oxygens (including phenoxy) is 2. The minimum atomic E-state index is -0.188. The number of aryl methyl sites for hydroxylation is 1. The minimum absolute atomic E-state index is 0.188. The van der Waals surface area contributed by atoms with Crippen LogP contribution in [0, 0.1) is 5.92 Å². The molecule has 5 nitrogen and oxygen atoms in total. The van der Waals surface area contributed by atoms with Gasteiger partial charge in [0.1, 0.15) is 0 Å². The minimum Gasteiger partial charge on any atom is -0.490 e. The van der Waals surface area contributed by atoms with E-state index in [4.69, 9.17) is 9.47 Å². The van der Waals surface area contributed by atoms with Gasteiger partial charge in [0.25, 0.3) is 11.8 Å². The summed E-state index contributed by atoms with van der Waals surface area (Å²) < 4.78 is 11.3. The summed E-state index contributed by atoms with van der Waals surface area (Å²) >= 11 is 0. The molecule has 0 fully saturated rings. The third-order valence-electron chi connectivity index (χ3n) is 4.91. The highest BCUT2D eigenvalue weighted by atomic mass is 16.5. The lowest BCUT2D eigenvalue weighted by atomic mass is 10.00. The summed E-state index contributed by atoms with van der Waals surface area (Å²) in [5.41, 5.74) is 2.17. The van der Waals surface area contributed by atoms with Gasteiger partial charge in [-0.2, -0.15) is 0 Å². The van der Waals surface area contributed by atoms with Crippen LogP contribution in [0.4, 0.5) is 0 Å². The summed E-state index contributed by atoms with van der Waals surface area (Å²) in [4.78, 5) is 26.4. The van der Waals surface area contributed by atoms with Gasteiger partial charge in [0.15, 0.2) is 11.5 Å². The first-order valence-corrected chi connectivity index (χ1v) is 9.88. The van der Waals surface area contributed by atoms with E-state index in [9.17, 15) is 9.59 Å². The van der Waals surface area contributed by atoms with Crippen LogP contribution in [0.3, 0.4) is 0 Å². The maximum absolute atomic E-state index is 12.5. The highest BCUT2D eigenvalue weighted by Gasteiger charge is 2.35. The molecule has 1 aliphatic heterocycles. The number of hydrogen-bond acceptors (Lipinski definition) is 4. The lowest BCUT2D eigenvalue weighted by molar-refractivity contribution is 0.0630. The molecule has 2 aromatic rings. The van der Waals surface area contributed by atoms with E-state index < -0.39 is 0 Å². The lowest BCUT2D eigenvalue weighted by Crippen LogP contribution is -2.34. The van der Waals surface area contributed by atoms with E-state index in [1.165, 1.54) is 4.90 Å². The zero-order valence-electron chi connectivity index (χ0n) is 16.7. The van der Waals surface area contributed by atoms with Crippen molar-refractivity contribution in [1.82, 2.24) is 4.90 Å². The Morgan fingerprint density at radius 3 is 2.11 bits per heavy atom. The molecule has 0 spiro atoms. The molecule has 28 heavy (non-hydrogen) atoms. The molecule has 0 radical (unpaired) electrons. The van der Waals surface area contributed by atoms with E-state index in [-0.39, 0.29) is 17.7 Å². The molecule has 1 atom stereocenters. The highest BCUT2D eigenvalue weighted by Crippen LogP contribution is 2.30. The number of imide groups is 1. The number of benzene rings is 2. The van der Waals surface area contributed by atoms with E-state index >= 15 is 0 Å². The maximum Gasteiger partial charge on any atom is 0.261 e. The van der Waals surface area contributed by atoms with Crippen molar-refractivity contribution >= 4 is 11.8 Å². The van der Waals surface area contributed by atoms with Crippen LogP contribution >= 0.6 is 0 Å². The Morgan fingerprint density at radius 1 is 0.893 bits per heavy atom. The third kappa shape index (κ3) is 4.19. The fourth-order valence-electron chi connectivity index (χ4n) is 3.47. The SMILES string of the molecule is CCOc1ccc(CCC(C)CN2C(=O)c3ccccc3C2=O)cc1OCC. The summed E-state index contributed by atoms with van der Waals surface area (Å²) in [6, 6.07) is 13.0. The second-order valence-electron chi connectivity index (χ2n) is 7.06. The molecule has 1 aliphatic rings. The van der Waals surface area contributed by atoms with Crippen molar-refractivity contribution in [3.63, 3.8) is 0 Å². The molecule has 1 heterocycles. The van der Waals surface area contributed by atoms with Crippen molar-refractivity contribution in [1.29, 1.82) is 0 Å². The number of nitrogens with zero attached hydrogens (tertiary/aromatic N) is 1. The predicted octanol–water partition coefficient (Wildman–Crippen LogP) is 4.35. The van der Waals surface area contributed by atoms with Crippen molar-refractivity contribution in [2.45, 2.75) is 33.6 Å². The first-order valence-electron chi connectivity index (χ1n) is 9.88. The van der Waals surface area contributed by atoms with Crippen LogP contribution in [-0.2, 0) is 6.42 Å². The largest absolute Gasteiger partial charge is 0.490 e. The monoisotopic (exact) mass is 381 g/mol. The van der Waals surface area contributed by atoms with Crippen LogP contribution in [-0.4, -0.2) is 36.5 Å². The third-order valence-corrected chi connectivity index (χ3v) is 4.91. The molecule has 0 aromatic heterocycles. The normalized spacial score (nSPS) is 14.2. The van der Waals surface area contributed by atoms with Gasteiger partial charge < -0.3 is 9.47 Å². The number of amides is 2. The molecule has 3 rings (SSSR count). The van der Waals surface area contributed by atoms with Crippen molar-refractivity contribution in [2.24, 2.45) is 5.92 Å². The van der Waals surface area contributed by atoms with Crippen LogP contribution in [0.1, 0.15) is 53.5 Å². The summed E-state index contributed by atoms with van der Waals surface area (Å²) in [6.07, 6.45) is 1.71. The molecule has 0 N–H and O–H groups in total. The van der Waals surface area contributed by atoms with E-state index in [1.54, 1.807) is 24.3 Å². The van der Waals surface area contributed by atoms with Crippen LogP contribution < -0.4 is 9.47 Å². The van der Waals surface area contributed by atoms with E-state index in [0.717, 1.165) is 29.9 Å². The molecule has 1 unspecified atom stereocenters. The molecule has 0 aliphatic carbocycles. The second kappa shape index (κ2) is 8.91. The molecule has 2 aromatic carbocycles. The molecule has 2 amide bonds. The summed E-state index contributed by atoms with van der Waals surface area (Å²) in [6.45, 7) is 7.58. The molecule has 148 valence electrons. The molecular formula is C23H27NO4. The van der Waals surface area contributed by atoms with E-state index in [2.05, 4.69) is 6.92 Å². The number of fused-ring (bicyclic) bond motifs is 1. The van der Waals surface area contributed by atoms with Gasteiger partial charge in [-0.3, -0.25) is 14.5 Å². The van der Waals surface area contributed by atoms with Gasteiger partial charge in [-0.1, -0.05) is 25.1 Å². The van der Waals surface area contributed by atoms with Crippen molar-refractivity contribution in [3.8, 4) is 11.5 Å². The second-order valence-corrected chi connectivity index (χ2v) is 7.06. The topological polar surface area (TPSA) is 55.8 Å². The molecular weight excluding hydrogens is 354 g/mol. The quantitative estimate of drug-likeness (QED) is 0.606. The highest BCUT2D eigenvalue weighted by molar-refractivity contribution is 6.21. The number of rotatable bonds is 9. The lowest BCUT2D eigenvalue weighted by Gasteiger charge is -2.19. The van der Waals surface area contributed by atoms with Gasteiger partial charge in [-0.05, 0) is 62.4 Å². The van der Waals surface area contributed by atoms with Crippen LogP contribution in [0.2, 0.25) is 0 Å². The number of hydrogen-bond donors (Lipinski definition) is 0. The molecule has 5 heteroatoms. The summed E-state index contributed by atoms with van der Waals surface area (Å²) in [7, 11) is 0. The van der Waals surface area contributed by atoms with E-state index in [1.807, 2.05) is 32.0 Å². The van der Waals surface area contributed by atoms with Crippen molar-refractivity contribution < 1.29 is 19.1 Å². The van der Waals surface area contributed by atoms with Gasteiger partial charge in [0.05, 0.1) is 24.3 Å². The van der Waals surface area contributed by atoms with Crippen molar-refractivity contribution in [3.05, 3.63) is 59.2 Å². The number of carbonyl (C=O) groups excluding carboxylic acids is 2. The Hall–Kier alpha value is -2.82. The van der Waals surface area contributed by atoms with Gasteiger partial charge in [-0.25, -0.2) is 0 Å². The zero-order valence-corrected chi connectivity index (χ0v) is 16.7. The van der Waals surface area contributed by atoms with E-state index in [0.29, 0.717) is 30.9 Å². The first kappa shape index (κ1) is 19.9. The van der Waals surface area contributed by atoms with Gasteiger partial charge in [-0.15, -0.1) is 0 Å². The predicted molar refractivity (Wildman–Crippen MR) is 108 cm³/mol. The van der Waals surface area contributed by atoms with Crippen molar-refractivity contribution in [2.75, 3.05) is 19.8 Å². The Balaban J connectivity index is 1.60. The van der Waals surface area contributed by atoms with Gasteiger partial charge >= 0.3 is 0 Å². The Morgan fingerprint density at radius 2 is 1.50 bits per heavy atom. The smallest absolute Gasteiger partial charge is 0.261 e. The first-order chi connectivity index (χ1) is 13.5. The maximum atomic E-state index is 12.5. The fraction of sp³-hybridized carbons (Fsp3) is 0.391. The number of carbonyl (C=O) groups is 2. The Bertz CT molecular complexity index is 826. The van der Waals surface area contributed by atoms with Gasteiger partial charge in [0, 0.05) is 6.54 Å². The Kier molecular flexibility index (Phi) is 6.34. The Labute approximate surface area is 166 Å². The van der Waals surface area contributed by atoms with Crippen LogP contribution in [0.5, 0.6) is 11.5 Å². The summed E-state index contributed by atoms with van der Waals surface area (Å²) in [5, 5.41) is 0. The molecule has 0 saturated carbocycles. The average molecular weight is 381 g/mol. The average Bonchev–Trinajstić information content (AvgIpc) is 2.94. The van der Waals surface area contributed by atoms with Crippen LogP contribution in [0.25, 0.3) is 0 Å². The zero-order chi connectivity index (χ0) is 20.1. The molecule has 0 bridgehead atoms. The van der Waals surface area contributed by atoms with Crippen LogP contribution in [0.15, 0.2) is 42.5 Å². The van der Waals surface area contributed by atoms with Gasteiger partial charge in [0.2, 0.25) is 0 Å². The summed E-state index contributed by atoms with van der Waals surface area (Å²) in [5.74, 6) is 1.34. The standard InChI is InChI=1S/C23H27NO4/c1-4-27-20-13-12-17(14-21(20)28-5-2)11-10-16(3)15-24-22(25)18-8-6-7-9-19(18)23(24)26/h6-9,12-14,16H,4-5,10-11,15H2,1-3H3.